The highest BCUT2D eigenvalue weighted by atomic mass is 31.2. The van der Waals surface area contributed by atoms with E-state index >= 15 is 0 Å². The molecule has 47 heavy (non-hydrogen) atoms. The number of hydrogen-bond acceptors (Lipinski definition) is 15. The lowest BCUT2D eigenvalue weighted by Crippen LogP contribution is -2.29. The summed E-state index contributed by atoms with van der Waals surface area (Å²) in [4.78, 5) is 66.3. The van der Waals surface area contributed by atoms with Crippen LogP contribution >= 0.6 is 15.6 Å². The molecular weight excluding hydrogens is 670 g/mol. The molecule has 2 unspecified atom stereocenters. The van der Waals surface area contributed by atoms with Crippen LogP contribution in [0.3, 0.4) is 0 Å². The first-order chi connectivity index (χ1) is 22.3. The lowest BCUT2D eigenvalue weighted by Gasteiger charge is -2.21. The molecule has 0 bridgehead atoms. The van der Waals surface area contributed by atoms with Gasteiger partial charge in [0.2, 0.25) is 0 Å². The van der Waals surface area contributed by atoms with Gasteiger partial charge in [0.1, 0.15) is 19.3 Å². The summed E-state index contributed by atoms with van der Waals surface area (Å²) >= 11 is 0. The molecular formula is C28H52O17P2. The van der Waals surface area contributed by atoms with E-state index < -0.39 is 91.5 Å². The van der Waals surface area contributed by atoms with Gasteiger partial charge in [-0.2, -0.15) is 0 Å². The van der Waals surface area contributed by atoms with E-state index in [2.05, 4.69) is 16.0 Å². The Labute approximate surface area is 276 Å². The molecule has 0 spiro atoms. The van der Waals surface area contributed by atoms with Crippen molar-refractivity contribution in [3.63, 3.8) is 0 Å². The van der Waals surface area contributed by atoms with Crippen molar-refractivity contribution in [2.75, 3.05) is 39.6 Å². The number of esters is 3. The van der Waals surface area contributed by atoms with Crippen LogP contribution in [0.4, 0.5) is 0 Å². The number of aliphatic hydroxyl groups excluding tert-OH is 1. The van der Waals surface area contributed by atoms with E-state index in [4.69, 9.17) is 28.0 Å². The van der Waals surface area contributed by atoms with Crippen LogP contribution in [-0.2, 0) is 65.4 Å². The zero-order valence-electron chi connectivity index (χ0n) is 27.5. The Balaban J connectivity index is 4.67. The summed E-state index contributed by atoms with van der Waals surface area (Å²) in [6.07, 6.45) is 3.62. The fourth-order valence-corrected chi connectivity index (χ4v) is 5.10. The molecule has 5 atom stereocenters. The molecule has 0 amide bonds. The second-order valence-electron chi connectivity index (χ2n) is 10.5. The van der Waals surface area contributed by atoms with E-state index in [-0.39, 0.29) is 25.7 Å². The summed E-state index contributed by atoms with van der Waals surface area (Å²) in [5.41, 5.74) is 0. The fraction of sp³-hybridized carbons (Fsp3) is 0.857. The Morgan fingerprint density at radius 3 is 1.55 bits per heavy atom. The van der Waals surface area contributed by atoms with E-state index in [9.17, 15) is 43.2 Å². The quantitative estimate of drug-likeness (QED) is 0.0302. The predicted molar refractivity (Wildman–Crippen MR) is 165 cm³/mol. The number of aliphatic hydroxyl groups is 1. The summed E-state index contributed by atoms with van der Waals surface area (Å²) in [5, 5.41) is 10.0. The van der Waals surface area contributed by atoms with Crippen LogP contribution in [0.15, 0.2) is 0 Å². The Hall–Kier alpha value is -1.94. The molecule has 0 radical (unpaired) electrons. The van der Waals surface area contributed by atoms with Crippen molar-refractivity contribution in [2.24, 2.45) is 0 Å². The number of ether oxygens (including phenoxy) is 4. The van der Waals surface area contributed by atoms with Crippen LogP contribution in [0.2, 0.25) is 0 Å². The van der Waals surface area contributed by atoms with Gasteiger partial charge < -0.3 is 33.8 Å². The minimum Gasteiger partial charge on any atom is -0.462 e. The number of carbonyl (C=O) groups is 4. The first kappa shape index (κ1) is 45.1. The molecule has 0 aromatic heterocycles. The molecule has 0 aliphatic rings. The van der Waals surface area contributed by atoms with Gasteiger partial charge in [-0.3, -0.25) is 37.3 Å². The molecule has 19 heteroatoms. The van der Waals surface area contributed by atoms with Gasteiger partial charge in [0.25, 0.3) is 6.47 Å². The molecule has 0 aliphatic carbocycles. The minimum absolute atomic E-state index is 0.0463. The second-order valence-corrected chi connectivity index (χ2v) is 13.4. The van der Waals surface area contributed by atoms with Crippen molar-refractivity contribution < 1.29 is 80.2 Å². The SMILES string of the molecule is CCCCCCCC(=O)OC[C@H](COP(=O)(O)OC[C@@H](O)COP(=O)(O)OC[C@@H](COC(=O)CCCCC)OC(=O)CCC)OC=O. The number of phosphoric acid groups is 2. The Morgan fingerprint density at radius 2 is 1.04 bits per heavy atom. The van der Waals surface area contributed by atoms with Crippen LogP contribution in [-0.4, -0.2) is 97.2 Å². The monoisotopic (exact) mass is 722 g/mol. The van der Waals surface area contributed by atoms with E-state index in [1.54, 1.807) is 6.92 Å². The van der Waals surface area contributed by atoms with Gasteiger partial charge in [0.15, 0.2) is 12.2 Å². The molecule has 0 rings (SSSR count). The maximum atomic E-state index is 12.3. The van der Waals surface area contributed by atoms with Gasteiger partial charge in [-0.15, -0.1) is 0 Å². The van der Waals surface area contributed by atoms with Gasteiger partial charge >= 0.3 is 33.6 Å². The topological polar surface area (TPSA) is 237 Å². The third-order valence-electron chi connectivity index (χ3n) is 6.04. The van der Waals surface area contributed by atoms with Crippen LogP contribution in [0.1, 0.15) is 97.8 Å². The highest BCUT2D eigenvalue weighted by molar-refractivity contribution is 7.47. The third-order valence-corrected chi connectivity index (χ3v) is 7.94. The summed E-state index contributed by atoms with van der Waals surface area (Å²) in [5.74, 6) is -1.71. The van der Waals surface area contributed by atoms with Gasteiger partial charge in [-0.1, -0.05) is 59.3 Å². The highest BCUT2D eigenvalue weighted by Crippen LogP contribution is 2.45. The molecule has 276 valence electrons. The summed E-state index contributed by atoms with van der Waals surface area (Å²) in [6, 6.07) is 0. The molecule has 0 saturated heterocycles. The molecule has 0 saturated carbocycles. The van der Waals surface area contributed by atoms with Crippen LogP contribution in [0.25, 0.3) is 0 Å². The minimum atomic E-state index is -4.86. The van der Waals surface area contributed by atoms with Crippen LogP contribution in [0.5, 0.6) is 0 Å². The average molecular weight is 723 g/mol. The van der Waals surface area contributed by atoms with Crippen molar-refractivity contribution in [3.05, 3.63) is 0 Å². The predicted octanol–water partition coefficient (Wildman–Crippen LogP) is 3.90. The number of rotatable bonds is 31. The first-order valence-electron chi connectivity index (χ1n) is 15.8. The van der Waals surface area contributed by atoms with Crippen molar-refractivity contribution in [2.45, 2.75) is 116 Å². The van der Waals surface area contributed by atoms with Crippen molar-refractivity contribution in [3.8, 4) is 0 Å². The molecule has 17 nitrogen and oxygen atoms in total. The maximum Gasteiger partial charge on any atom is 0.472 e. The van der Waals surface area contributed by atoms with Crippen molar-refractivity contribution in [1.82, 2.24) is 0 Å². The normalized spacial score (nSPS) is 15.8. The van der Waals surface area contributed by atoms with Gasteiger partial charge in [-0.05, 0) is 19.3 Å². The molecule has 0 heterocycles. The Morgan fingerprint density at radius 1 is 0.596 bits per heavy atom. The average Bonchev–Trinajstić information content (AvgIpc) is 3.02. The number of carbonyl (C=O) groups excluding carboxylic acids is 4. The smallest absolute Gasteiger partial charge is 0.462 e. The van der Waals surface area contributed by atoms with E-state index in [0.717, 1.165) is 38.5 Å². The second kappa shape index (κ2) is 26.9. The zero-order chi connectivity index (χ0) is 35.6. The standard InChI is InChI=1S/C28H52O17P2/c1-4-7-9-10-12-15-27(32)38-18-24(40-22-29)20-43-46(34,35)41-16-23(30)17-42-47(36,37)44-21-25(45-28(33)13-6-3)19-39-26(31)14-11-8-5-2/h22-25,30H,4-21H2,1-3H3,(H,34,35)(H,36,37)/t23-,24-,25-/m1/s1. The number of phosphoric ester groups is 2. The van der Waals surface area contributed by atoms with E-state index in [1.807, 2.05) is 6.92 Å². The Kier molecular flexibility index (Phi) is 25.8. The lowest BCUT2D eigenvalue weighted by atomic mass is 10.1. The number of hydrogen-bond donors (Lipinski definition) is 3. The maximum absolute atomic E-state index is 12.3. The zero-order valence-corrected chi connectivity index (χ0v) is 29.3. The summed E-state index contributed by atoms with van der Waals surface area (Å²) < 4.78 is 63.3. The van der Waals surface area contributed by atoms with Crippen molar-refractivity contribution in [1.29, 1.82) is 0 Å². The van der Waals surface area contributed by atoms with Crippen LogP contribution in [0, 0.1) is 0 Å². The van der Waals surface area contributed by atoms with E-state index in [1.165, 1.54) is 0 Å². The molecule has 0 aromatic carbocycles. The highest BCUT2D eigenvalue weighted by Gasteiger charge is 2.29. The molecule has 0 fully saturated rings. The molecule has 0 aliphatic heterocycles. The van der Waals surface area contributed by atoms with Crippen LogP contribution < -0.4 is 0 Å². The summed E-state index contributed by atoms with van der Waals surface area (Å²) in [7, 11) is -9.70. The lowest BCUT2D eigenvalue weighted by molar-refractivity contribution is -0.161. The van der Waals surface area contributed by atoms with Crippen molar-refractivity contribution >= 4 is 40.0 Å². The molecule has 0 aromatic rings. The molecule has 3 N–H and O–H groups in total. The third kappa shape index (κ3) is 26.7. The van der Waals surface area contributed by atoms with E-state index in [0.29, 0.717) is 19.3 Å². The Bertz CT molecular complexity index is 979. The van der Waals surface area contributed by atoms with Gasteiger partial charge in [0.05, 0.1) is 26.4 Å². The first-order valence-corrected chi connectivity index (χ1v) is 18.8. The number of unbranched alkanes of at least 4 members (excludes halogenated alkanes) is 6. The summed E-state index contributed by atoms with van der Waals surface area (Å²) in [6.45, 7) is 1.79. The fourth-order valence-electron chi connectivity index (χ4n) is 3.52. The largest absolute Gasteiger partial charge is 0.472 e. The van der Waals surface area contributed by atoms with Gasteiger partial charge in [0, 0.05) is 19.3 Å². The van der Waals surface area contributed by atoms with Gasteiger partial charge in [-0.25, -0.2) is 9.13 Å².